The van der Waals surface area contributed by atoms with Gasteiger partial charge in [-0.2, -0.15) is 5.26 Å². The molecule has 0 fully saturated rings. The Morgan fingerprint density at radius 2 is 1.86 bits per heavy atom. The minimum Gasteiger partial charge on any atom is -0.360 e. The average Bonchev–Trinajstić information content (AvgIpc) is 2.86. The van der Waals surface area contributed by atoms with Gasteiger partial charge in [0.05, 0.1) is 5.56 Å². The standard InChI is InChI=1S/C15H9Cl2N3S/c16-10-3-11(17)5-13(4-10)21-20-12-1-2-15-14(6-12)9(7-18)8-19-15/h1-6,8,19-20H. The SMILES string of the molecule is N#Cc1c[nH]c2ccc(NSc3cc(Cl)cc(Cl)c3)cc12. The highest BCUT2D eigenvalue weighted by molar-refractivity contribution is 8.00. The van der Waals surface area contributed by atoms with Crippen molar-refractivity contribution in [2.24, 2.45) is 0 Å². The number of hydrogen-bond donors (Lipinski definition) is 2. The maximum atomic E-state index is 9.06. The summed E-state index contributed by atoms with van der Waals surface area (Å²) >= 11 is 13.4. The van der Waals surface area contributed by atoms with Crippen LogP contribution >= 0.6 is 35.1 Å². The number of anilines is 1. The zero-order chi connectivity index (χ0) is 14.8. The fourth-order valence-corrected chi connectivity index (χ4v) is 3.37. The lowest BCUT2D eigenvalue weighted by Crippen LogP contribution is -1.87. The second-order valence-electron chi connectivity index (χ2n) is 4.38. The summed E-state index contributed by atoms with van der Waals surface area (Å²) in [7, 11) is 0. The number of nitrogens with zero attached hydrogens (tertiary/aromatic N) is 1. The van der Waals surface area contributed by atoms with E-state index < -0.39 is 0 Å². The van der Waals surface area contributed by atoms with Gasteiger partial charge in [-0.05, 0) is 48.3 Å². The molecule has 0 radical (unpaired) electrons. The van der Waals surface area contributed by atoms with Crippen LogP contribution in [0, 0.1) is 11.3 Å². The molecule has 2 N–H and O–H groups in total. The van der Waals surface area contributed by atoms with Crippen molar-refractivity contribution in [3.8, 4) is 6.07 Å². The normalized spacial score (nSPS) is 10.5. The van der Waals surface area contributed by atoms with Gasteiger partial charge in [-0.25, -0.2) is 0 Å². The quantitative estimate of drug-likeness (QED) is 0.625. The van der Waals surface area contributed by atoms with Crippen molar-refractivity contribution in [1.82, 2.24) is 4.98 Å². The lowest BCUT2D eigenvalue weighted by Gasteiger charge is -2.06. The van der Waals surface area contributed by atoms with Gasteiger partial charge in [0, 0.05) is 37.7 Å². The lowest BCUT2D eigenvalue weighted by molar-refractivity contribution is 1.45. The van der Waals surface area contributed by atoms with Gasteiger partial charge in [0.25, 0.3) is 0 Å². The molecule has 0 unspecified atom stereocenters. The second kappa shape index (κ2) is 5.90. The predicted molar refractivity (Wildman–Crippen MR) is 89.0 cm³/mol. The van der Waals surface area contributed by atoms with Crippen LogP contribution in [0.4, 0.5) is 5.69 Å². The molecular weight excluding hydrogens is 325 g/mol. The Labute approximate surface area is 136 Å². The van der Waals surface area contributed by atoms with Crippen LogP contribution in [0.2, 0.25) is 10.0 Å². The molecule has 3 nitrogen and oxygen atoms in total. The number of nitriles is 1. The summed E-state index contributed by atoms with van der Waals surface area (Å²) in [5, 5.41) is 11.1. The minimum absolute atomic E-state index is 0.597. The van der Waals surface area contributed by atoms with Crippen LogP contribution in [0.15, 0.2) is 47.5 Å². The topological polar surface area (TPSA) is 51.6 Å². The third-order valence-electron chi connectivity index (χ3n) is 2.93. The molecule has 0 amide bonds. The predicted octanol–water partition coefficient (Wildman–Crippen LogP) is 5.47. The van der Waals surface area contributed by atoms with E-state index in [2.05, 4.69) is 15.8 Å². The Morgan fingerprint density at radius 1 is 1.10 bits per heavy atom. The lowest BCUT2D eigenvalue weighted by atomic mass is 10.2. The van der Waals surface area contributed by atoms with E-state index in [9.17, 15) is 0 Å². The van der Waals surface area contributed by atoms with Crippen LogP contribution in [0.25, 0.3) is 10.9 Å². The number of benzene rings is 2. The largest absolute Gasteiger partial charge is 0.360 e. The third-order valence-corrected chi connectivity index (χ3v) is 4.17. The molecule has 0 aliphatic rings. The van der Waals surface area contributed by atoms with Crippen LogP contribution in [-0.2, 0) is 0 Å². The van der Waals surface area contributed by atoms with Crippen molar-refractivity contribution in [2.75, 3.05) is 4.72 Å². The van der Waals surface area contributed by atoms with Crippen molar-refractivity contribution >= 4 is 51.7 Å². The van der Waals surface area contributed by atoms with Gasteiger partial charge in [0.2, 0.25) is 0 Å². The van der Waals surface area contributed by atoms with E-state index in [4.69, 9.17) is 28.5 Å². The summed E-state index contributed by atoms with van der Waals surface area (Å²) in [6.07, 6.45) is 1.71. The Kier molecular flexibility index (Phi) is 3.98. The minimum atomic E-state index is 0.597. The zero-order valence-corrected chi connectivity index (χ0v) is 13.0. The number of nitrogens with one attached hydrogen (secondary N) is 2. The van der Waals surface area contributed by atoms with Crippen molar-refractivity contribution in [3.63, 3.8) is 0 Å². The van der Waals surface area contributed by atoms with Crippen LogP contribution in [0.5, 0.6) is 0 Å². The van der Waals surface area contributed by atoms with Gasteiger partial charge in [0.1, 0.15) is 6.07 Å². The highest BCUT2D eigenvalue weighted by Crippen LogP contribution is 2.29. The molecule has 1 aromatic heterocycles. The monoisotopic (exact) mass is 333 g/mol. The summed E-state index contributed by atoms with van der Waals surface area (Å²) in [6, 6.07) is 13.3. The Hall–Kier alpha value is -1.80. The molecule has 0 saturated heterocycles. The molecule has 3 rings (SSSR count). The summed E-state index contributed by atoms with van der Waals surface area (Å²) in [5.41, 5.74) is 2.47. The van der Waals surface area contributed by atoms with Crippen molar-refractivity contribution < 1.29 is 0 Å². The van der Waals surface area contributed by atoms with Gasteiger partial charge in [-0.15, -0.1) is 0 Å². The second-order valence-corrected chi connectivity index (χ2v) is 6.14. The molecule has 2 aromatic carbocycles. The number of rotatable bonds is 3. The van der Waals surface area contributed by atoms with Crippen LogP contribution < -0.4 is 4.72 Å². The molecular formula is C15H9Cl2N3S. The smallest absolute Gasteiger partial charge is 0.101 e. The van der Waals surface area contributed by atoms with Crippen LogP contribution in [-0.4, -0.2) is 4.98 Å². The van der Waals surface area contributed by atoms with Crippen molar-refractivity contribution in [2.45, 2.75) is 4.90 Å². The number of hydrogen-bond acceptors (Lipinski definition) is 3. The van der Waals surface area contributed by atoms with E-state index in [-0.39, 0.29) is 0 Å². The first-order valence-corrected chi connectivity index (χ1v) is 7.63. The molecule has 1 heterocycles. The Morgan fingerprint density at radius 3 is 2.57 bits per heavy atom. The van der Waals surface area contributed by atoms with E-state index in [0.717, 1.165) is 21.5 Å². The molecule has 0 aliphatic heterocycles. The van der Waals surface area contributed by atoms with Crippen LogP contribution in [0.1, 0.15) is 5.56 Å². The first-order valence-electron chi connectivity index (χ1n) is 6.06. The molecule has 6 heteroatoms. The Bertz CT molecular complexity index is 831. The first kappa shape index (κ1) is 14.2. The highest BCUT2D eigenvalue weighted by Gasteiger charge is 2.05. The van der Waals surface area contributed by atoms with E-state index in [0.29, 0.717) is 15.6 Å². The fraction of sp³-hybridized carbons (Fsp3) is 0. The summed E-state index contributed by atoms with van der Waals surface area (Å²) in [5.74, 6) is 0. The maximum absolute atomic E-state index is 9.06. The zero-order valence-electron chi connectivity index (χ0n) is 10.7. The first-order chi connectivity index (χ1) is 10.2. The fourth-order valence-electron chi connectivity index (χ4n) is 1.98. The third kappa shape index (κ3) is 3.11. The van der Waals surface area contributed by atoms with Gasteiger partial charge in [-0.3, -0.25) is 0 Å². The molecule has 0 spiro atoms. The number of aromatic amines is 1. The van der Waals surface area contributed by atoms with Gasteiger partial charge in [-0.1, -0.05) is 23.2 Å². The molecule has 0 bridgehead atoms. The van der Waals surface area contributed by atoms with Gasteiger partial charge < -0.3 is 9.71 Å². The number of fused-ring (bicyclic) bond motifs is 1. The van der Waals surface area contributed by atoms with Crippen molar-refractivity contribution in [3.05, 3.63) is 58.2 Å². The van der Waals surface area contributed by atoms with E-state index in [1.54, 1.807) is 12.3 Å². The molecule has 0 aliphatic carbocycles. The molecule has 0 saturated carbocycles. The summed E-state index contributed by atoms with van der Waals surface area (Å²) in [4.78, 5) is 3.98. The van der Waals surface area contributed by atoms with Gasteiger partial charge >= 0.3 is 0 Å². The molecule has 3 aromatic rings. The summed E-state index contributed by atoms with van der Waals surface area (Å²) in [6.45, 7) is 0. The van der Waals surface area contributed by atoms with E-state index in [1.807, 2.05) is 30.3 Å². The Balaban J connectivity index is 1.83. The van der Waals surface area contributed by atoms with Crippen molar-refractivity contribution in [1.29, 1.82) is 5.26 Å². The number of halogens is 2. The van der Waals surface area contributed by atoms with E-state index in [1.165, 1.54) is 11.9 Å². The highest BCUT2D eigenvalue weighted by atomic mass is 35.5. The molecule has 21 heavy (non-hydrogen) atoms. The van der Waals surface area contributed by atoms with Crippen LogP contribution in [0.3, 0.4) is 0 Å². The maximum Gasteiger partial charge on any atom is 0.101 e. The number of aromatic nitrogens is 1. The summed E-state index contributed by atoms with van der Waals surface area (Å²) < 4.78 is 3.22. The molecule has 104 valence electrons. The molecule has 0 atom stereocenters. The van der Waals surface area contributed by atoms with Gasteiger partial charge in [0.15, 0.2) is 0 Å². The number of H-pyrrole nitrogens is 1. The van der Waals surface area contributed by atoms with E-state index >= 15 is 0 Å². The average molecular weight is 334 g/mol.